The highest BCUT2D eigenvalue weighted by atomic mass is 16.5. The molecule has 1 saturated heterocycles. The number of likely N-dealkylation sites (N-methyl/N-ethyl adjacent to an activating group) is 1. The van der Waals surface area contributed by atoms with Gasteiger partial charge in [0.15, 0.2) is 0 Å². The first kappa shape index (κ1) is 13.8. The van der Waals surface area contributed by atoms with E-state index in [1.54, 1.807) is 7.05 Å². The van der Waals surface area contributed by atoms with Crippen LogP contribution in [0.2, 0.25) is 0 Å². The zero-order valence-electron chi connectivity index (χ0n) is 10.5. The van der Waals surface area contributed by atoms with Crippen LogP contribution >= 0.6 is 0 Å². The smallest absolute Gasteiger partial charge is 0.317 e. The first-order valence-electron chi connectivity index (χ1n) is 5.99. The van der Waals surface area contributed by atoms with Gasteiger partial charge < -0.3 is 20.3 Å². The minimum absolute atomic E-state index is 0.0728. The molecule has 2 N–H and O–H groups in total. The van der Waals surface area contributed by atoms with Crippen LogP contribution in [-0.4, -0.2) is 56.2 Å². The van der Waals surface area contributed by atoms with Crippen molar-refractivity contribution >= 4 is 11.9 Å². The molecule has 0 aromatic heterocycles. The van der Waals surface area contributed by atoms with E-state index in [1.165, 1.54) is 4.90 Å². The fourth-order valence-electron chi connectivity index (χ4n) is 1.54. The second-order valence-electron chi connectivity index (χ2n) is 4.22. The number of amides is 3. The second-order valence-corrected chi connectivity index (χ2v) is 4.22. The van der Waals surface area contributed by atoms with Gasteiger partial charge in [-0.15, -0.1) is 0 Å². The average molecular weight is 243 g/mol. The zero-order valence-corrected chi connectivity index (χ0v) is 10.5. The van der Waals surface area contributed by atoms with Crippen molar-refractivity contribution in [2.24, 2.45) is 0 Å². The molecule has 1 unspecified atom stereocenters. The second kappa shape index (κ2) is 7.11. The number of ether oxygens (including phenoxy) is 1. The minimum atomic E-state index is -0.229. The van der Waals surface area contributed by atoms with Crippen molar-refractivity contribution in [3.05, 3.63) is 0 Å². The molecule has 0 spiro atoms. The van der Waals surface area contributed by atoms with Gasteiger partial charge in [0.1, 0.15) is 6.54 Å². The molecule has 6 heteroatoms. The number of nitrogens with one attached hydrogen (secondary N) is 2. The third kappa shape index (κ3) is 5.04. The number of carbonyl (C=O) groups excluding carboxylic acids is 2. The van der Waals surface area contributed by atoms with Gasteiger partial charge in [0, 0.05) is 20.2 Å². The molecular weight excluding hydrogens is 222 g/mol. The lowest BCUT2D eigenvalue weighted by molar-refractivity contribution is -0.121. The van der Waals surface area contributed by atoms with Crippen LogP contribution in [0.15, 0.2) is 0 Å². The summed E-state index contributed by atoms with van der Waals surface area (Å²) in [6.45, 7) is 3.95. The minimum Gasteiger partial charge on any atom is -0.379 e. The van der Waals surface area contributed by atoms with Gasteiger partial charge in [-0.3, -0.25) is 4.79 Å². The molecule has 0 saturated carbocycles. The summed E-state index contributed by atoms with van der Waals surface area (Å²) in [6.07, 6.45) is 1.72. The molecule has 1 fully saturated rings. The normalized spacial score (nSPS) is 18.8. The highest BCUT2D eigenvalue weighted by molar-refractivity contribution is 5.83. The van der Waals surface area contributed by atoms with Crippen LogP contribution in [-0.2, 0) is 9.53 Å². The van der Waals surface area contributed by atoms with Crippen molar-refractivity contribution in [1.82, 2.24) is 15.5 Å². The van der Waals surface area contributed by atoms with Crippen molar-refractivity contribution in [3.8, 4) is 0 Å². The van der Waals surface area contributed by atoms with Crippen molar-refractivity contribution in [2.75, 3.05) is 33.4 Å². The first-order chi connectivity index (χ1) is 8.13. The monoisotopic (exact) mass is 243 g/mol. The van der Waals surface area contributed by atoms with E-state index in [-0.39, 0.29) is 24.5 Å². The Bertz CT molecular complexity index is 265. The highest BCUT2D eigenvalue weighted by Gasteiger charge is 2.20. The Hall–Kier alpha value is -1.30. The lowest BCUT2D eigenvalue weighted by Crippen LogP contribution is -2.46. The van der Waals surface area contributed by atoms with Crippen LogP contribution in [0.1, 0.15) is 19.8 Å². The number of carbonyl (C=O) groups is 2. The first-order valence-corrected chi connectivity index (χ1v) is 5.99. The summed E-state index contributed by atoms with van der Waals surface area (Å²) in [5.41, 5.74) is 0. The Morgan fingerprint density at radius 2 is 2.24 bits per heavy atom. The number of hydrogen-bond donors (Lipinski definition) is 2. The molecule has 0 aromatic carbocycles. The summed E-state index contributed by atoms with van der Waals surface area (Å²) in [4.78, 5) is 24.5. The van der Waals surface area contributed by atoms with E-state index in [0.29, 0.717) is 19.8 Å². The Morgan fingerprint density at radius 1 is 1.47 bits per heavy atom. The maximum atomic E-state index is 11.7. The van der Waals surface area contributed by atoms with Crippen molar-refractivity contribution < 1.29 is 14.3 Å². The topological polar surface area (TPSA) is 70.7 Å². The van der Waals surface area contributed by atoms with Crippen LogP contribution in [0.5, 0.6) is 0 Å². The van der Waals surface area contributed by atoms with Gasteiger partial charge in [0.25, 0.3) is 0 Å². The lowest BCUT2D eigenvalue weighted by Gasteiger charge is -2.19. The van der Waals surface area contributed by atoms with Crippen LogP contribution < -0.4 is 10.6 Å². The number of rotatable bonds is 5. The van der Waals surface area contributed by atoms with Crippen LogP contribution in [0.25, 0.3) is 0 Å². The largest absolute Gasteiger partial charge is 0.379 e. The number of hydrogen-bond acceptors (Lipinski definition) is 3. The molecule has 3 amide bonds. The Balaban J connectivity index is 2.23. The van der Waals surface area contributed by atoms with Crippen LogP contribution in [0.3, 0.4) is 0 Å². The molecule has 0 aromatic rings. The summed E-state index contributed by atoms with van der Waals surface area (Å²) < 4.78 is 5.16. The molecule has 1 aliphatic rings. The van der Waals surface area contributed by atoms with E-state index in [0.717, 1.165) is 12.8 Å². The van der Waals surface area contributed by atoms with Crippen LogP contribution in [0.4, 0.5) is 4.79 Å². The SMILES string of the molecule is CCCNC(=O)CN(C)C(=O)NC1CCOC1. The van der Waals surface area contributed by atoms with Crippen molar-refractivity contribution in [2.45, 2.75) is 25.8 Å². The fraction of sp³-hybridized carbons (Fsp3) is 0.818. The molecular formula is C11H21N3O3. The van der Waals surface area contributed by atoms with E-state index >= 15 is 0 Å². The summed E-state index contributed by atoms with van der Waals surface area (Å²) in [7, 11) is 1.61. The van der Waals surface area contributed by atoms with Gasteiger partial charge in [-0.05, 0) is 12.8 Å². The standard InChI is InChI=1S/C11H21N3O3/c1-3-5-12-10(15)7-14(2)11(16)13-9-4-6-17-8-9/h9H,3-8H2,1-2H3,(H,12,15)(H,13,16). The maximum Gasteiger partial charge on any atom is 0.317 e. The Kier molecular flexibility index (Phi) is 5.76. The highest BCUT2D eigenvalue weighted by Crippen LogP contribution is 2.03. The van der Waals surface area contributed by atoms with E-state index in [9.17, 15) is 9.59 Å². The molecule has 0 bridgehead atoms. The molecule has 0 radical (unpaired) electrons. The molecule has 1 rings (SSSR count). The van der Waals surface area contributed by atoms with E-state index in [2.05, 4.69) is 10.6 Å². The van der Waals surface area contributed by atoms with E-state index < -0.39 is 0 Å². The average Bonchev–Trinajstić information content (AvgIpc) is 2.78. The molecule has 1 atom stereocenters. The summed E-state index contributed by atoms with van der Waals surface area (Å²) in [6, 6.07) is -0.157. The van der Waals surface area contributed by atoms with Gasteiger partial charge in [-0.25, -0.2) is 4.79 Å². The van der Waals surface area contributed by atoms with Gasteiger partial charge in [0.05, 0.1) is 12.6 Å². The number of urea groups is 1. The number of nitrogens with zero attached hydrogens (tertiary/aromatic N) is 1. The molecule has 17 heavy (non-hydrogen) atoms. The quantitative estimate of drug-likeness (QED) is 0.711. The molecule has 0 aliphatic carbocycles. The van der Waals surface area contributed by atoms with E-state index in [1.807, 2.05) is 6.92 Å². The van der Waals surface area contributed by atoms with Gasteiger partial charge >= 0.3 is 6.03 Å². The van der Waals surface area contributed by atoms with Crippen molar-refractivity contribution in [1.29, 1.82) is 0 Å². The predicted molar refractivity (Wildman–Crippen MR) is 63.7 cm³/mol. The van der Waals surface area contributed by atoms with Crippen molar-refractivity contribution in [3.63, 3.8) is 0 Å². The zero-order chi connectivity index (χ0) is 12.7. The van der Waals surface area contributed by atoms with Crippen LogP contribution in [0, 0.1) is 0 Å². The Morgan fingerprint density at radius 3 is 2.82 bits per heavy atom. The Labute approximate surface area is 102 Å². The van der Waals surface area contributed by atoms with Gasteiger partial charge in [-0.2, -0.15) is 0 Å². The van der Waals surface area contributed by atoms with Gasteiger partial charge in [0.2, 0.25) is 5.91 Å². The predicted octanol–water partition coefficient (Wildman–Crippen LogP) is -0.0571. The third-order valence-corrected chi connectivity index (χ3v) is 2.56. The summed E-state index contributed by atoms with van der Waals surface area (Å²) in [5.74, 6) is -0.132. The molecule has 6 nitrogen and oxygen atoms in total. The molecule has 1 heterocycles. The lowest BCUT2D eigenvalue weighted by atomic mass is 10.3. The molecule has 1 aliphatic heterocycles. The summed E-state index contributed by atoms with van der Waals surface area (Å²) >= 11 is 0. The molecule has 98 valence electrons. The maximum absolute atomic E-state index is 11.7. The third-order valence-electron chi connectivity index (χ3n) is 2.56. The van der Waals surface area contributed by atoms with Gasteiger partial charge in [-0.1, -0.05) is 6.92 Å². The van der Waals surface area contributed by atoms with E-state index in [4.69, 9.17) is 4.74 Å². The fourth-order valence-corrected chi connectivity index (χ4v) is 1.54. The summed E-state index contributed by atoms with van der Waals surface area (Å²) in [5, 5.41) is 5.55.